The Morgan fingerprint density at radius 2 is 0.860 bits per heavy atom. The molecule has 0 unspecified atom stereocenters. The first-order valence-corrected chi connectivity index (χ1v) is 15.5. The van der Waals surface area contributed by atoms with E-state index in [-0.39, 0.29) is 41.4 Å². The van der Waals surface area contributed by atoms with E-state index in [1.165, 1.54) is 26.6 Å². The molecule has 0 aliphatic carbocycles. The number of terminal acetylenes is 1. The van der Waals surface area contributed by atoms with Crippen LogP contribution in [0.3, 0.4) is 0 Å². The molecule has 0 spiro atoms. The number of carbonyl (C=O) groups excluding carboxylic acids is 5. The molecule has 2 N–H and O–H groups in total. The molecule has 0 saturated heterocycles. The lowest BCUT2D eigenvalue weighted by atomic mass is 9.93. The predicted octanol–water partition coefficient (Wildman–Crippen LogP) is 3.23. The Morgan fingerprint density at radius 3 is 1.14 bits per heavy atom. The van der Waals surface area contributed by atoms with Gasteiger partial charge in [-0.15, -0.1) is 12.3 Å². The second-order valence-electron chi connectivity index (χ2n) is 13.3. The van der Waals surface area contributed by atoms with E-state index in [4.69, 9.17) is 12.2 Å². The second kappa shape index (κ2) is 17.9. The van der Waals surface area contributed by atoms with Crippen molar-refractivity contribution in [2.24, 2.45) is 35.3 Å². The predicted molar refractivity (Wildman–Crippen MR) is 171 cm³/mol. The average Bonchev–Trinajstić information content (AvgIpc) is 2.89. The highest BCUT2D eigenvalue weighted by molar-refractivity contribution is 5.95. The number of rotatable bonds is 17. The standard InChI is InChI=1S/C33H59N5O5/c1-15-16-17-18-19-24(10)30(40)36(12)26(21(4)5)32(42)38(14)28(23(8)9)33(43)37(13)27(22(6)7)31(41)35(11)25(20(2)3)29(34)39/h1,20-28H,16-19H2,2-14H3,(H2,34,39)/t24-,25-,26-,27-,28-/m0/s1. The molecule has 0 heterocycles. The van der Waals surface area contributed by atoms with Crippen LogP contribution in [0.25, 0.3) is 0 Å². The van der Waals surface area contributed by atoms with Crippen LogP contribution in [0.1, 0.15) is 88.0 Å². The third-order valence-corrected chi connectivity index (χ3v) is 8.27. The smallest absolute Gasteiger partial charge is 0.246 e. The van der Waals surface area contributed by atoms with E-state index >= 15 is 0 Å². The van der Waals surface area contributed by atoms with Crippen molar-refractivity contribution < 1.29 is 24.0 Å². The highest BCUT2D eigenvalue weighted by Gasteiger charge is 2.43. The number of nitrogens with two attached hydrogens (primary N) is 1. The Balaban J connectivity index is 6.23. The Hall–Kier alpha value is -3.09. The molecule has 0 aliphatic heterocycles. The van der Waals surface area contributed by atoms with E-state index in [1.54, 1.807) is 35.0 Å². The summed E-state index contributed by atoms with van der Waals surface area (Å²) in [5.41, 5.74) is 5.61. The van der Waals surface area contributed by atoms with Gasteiger partial charge in [-0.3, -0.25) is 24.0 Å². The largest absolute Gasteiger partial charge is 0.368 e. The fourth-order valence-electron chi connectivity index (χ4n) is 5.98. The molecule has 0 aromatic carbocycles. The topological polar surface area (TPSA) is 124 Å². The molecule has 10 nitrogen and oxygen atoms in total. The fraction of sp³-hybridized carbons (Fsp3) is 0.788. The van der Waals surface area contributed by atoms with E-state index in [0.29, 0.717) is 12.8 Å². The Morgan fingerprint density at radius 1 is 0.558 bits per heavy atom. The summed E-state index contributed by atoms with van der Waals surface area (Å²) < 4.78 is 0. The molecule has 5 atom stereocenters. The monoisotopic (exact) mass is 605 g/mol. The van der Waals surface area contributed by atoms with Crippen LogP contribution >= 0.6 is 0 Å². The van der Waals surface area contributed by atoms with Crippen molar-refractivity contribution in [3.63, 3.8) is 0 Å². The second-order valence-corrected chi connectivity index (χ2v) is 13.3. The van der Waals surface area contributed by atoms with Crippen LogP contribution in [0.15, 0.2) is 0 Å². The highest BCUT2D eigenvalue weighted by Crippen LogP contribution is 2.24. The first kappa shape index (κ1) is 39.9. The summed E-state index contributed by atoms with van der Waals surface area (Å²) in [5, 5.41) is 0. The van der Waals surface area contributed by atoms with Crippen molar-refractivity contribution in [2.45, 2.75) is 112 Å². The molecule has 0 rings (SSSR count). The number of nitrogens with zero attached hydrogens (tertiary/aromatic N) is 4. The number of hydrogen-bond donors (Lipinski definition) is 1. The van der Waals surface area contributed by atoms with Crippen molar-refractivity contribution in [1.29, 1.82) is 0 Å². The highest BCUT2D eigenvalue weighted by atomic mass is 16.2. The third kappa shape index (κ3) is 10.5. The minimum absolute atomic E-state index is 0.131. The van der Waals surface area contributed by atoms with E-state index in [0.717, 1.165) is 12.8 Å². The normalized spacial score (nSPS) is 15.0. The van der Waals surface area contributed by atoms with Crippen LogP contribution in [0.4, 0.5) is 0 Å². The molecule has 0 aromatic rings. The van der Waals surface area contributed by atoms with Gasteiger partial charge in [0.15, 0.2) is 0 Å². The number of likely N-dealkylation sites (N-methyl/N-ethyl adjacent to an activating group) is 4. The number of amides is 5. The van der Waals surface area contributed by atoms with Crippen molar-refractivity contribution in [2.75, 3.05) is 28.2 Å². The lowest BCUT2D eigenvalue weighted by Crippen LogP contribution is -2.62. The van der Waals surface area contributed by atoms with Crippen LogP contribution < -0.4 is 5.73 Å². The van der Waals surface area contributed by atoms with E-state index in [9.17, 15) is 24.0 Å². The van der Waals surface area contributed by atoms with E-state index < -0.39 is 41.9 Å². The first-order chi connectivity index (χ1) is 19.8. The molecular formula is C33H59N5O5. The SMILES string of the molecule is C#CCCCC[C@H](C)C(=O)N(C)[C@H](C(=O)N(C)[C@H](C(=O)N(C)[C@H](C(=O)N(C)[C@H](C(N)=O)C(C)C)C(C)C)C(C)C)C(C)C. The zero-order chi connectivity index (χ0) is 33.9. The van der Waals surface area contributed by atoms with Crippen molar-refractivity contribution in [3.8, 4) is 12.3 Å². The van der Waals surface area contributed by atoms with Gasteiger partial charge in [-0.25, -0.2) is 0 Å². The minimum Gasteiger partial charge on any atom is -0.368 e. The summed E-state index contributed by atoms with van der Waals surface area (Å²) in [4.78, 5) is 72.9. The van der Waals surface area contributed by atoms with Crippen LogP contribution in [-0.4, -0.2) is 101 Å². The molecule has 0 radical (unpaired) electrons. The maximum atomic E-state index is 14.1. The molecule has 0 saturated carbocycles. The van der Waals surface area contributed by atoms with Gasteiger partial charge in [-0.1, -0.05) is 68.7 Å². The molecule has 10 heteroatoms. The molecule has 5 amide bonds. The molecule has 0 aromatic heterocycles. The van der Waals surface area contributed by atoms with Crippen molar-refractivity contribution in [1.82, 2.24) is 19.6 Å². The van der Waals surface area contributed by atoms with E-state index in [2.05, 4.69) is 5.92 Å². The molecule has 0 bridgehead atoms. The quantitative estimate of drug-likeness (QED) is 0.201. The lowest BCUT2D eigenvalue weighted by Gasteiger charge is -2.42. The molecule has 43 heavy (non-hydrogen) atoms. The maximum absolute atomic E-state index is 14.1. The summed E-state index contributed by atoms with van der Waals surface area (Å²) in [6.07, 6.45) is 8.34. The summed E-state index contributed by atoms with van der Waals surface area (Å²) in [5.74, 6) is -0.557. The summed E-state index contributed by atoms with van der Waals surface area (Å²) in [7, 11) is 6.30. The van der Waals surface area contributed by atoms with Crippen LogP contribution in [0, 0.1) is 41.9 Å². The third-order valence-electron chi connectivity index (χ3n) is 8.27. The molecule has 246 valence electrons. The molecule has 0 fully saturated rings. The van der Waals surface area contributed by atoms with Gasteiger partial charge in [0.2, 0.25) is 29.5 Å². The Kier molecular flexibility index (Phi) is 16.6. The van der Waals surface area contributed by atoms with Gasteiger partial charge < -0.3 is 25.3 Å². The zero-order valence-electron chi connectivity index (χ0n) is 29.0. The first-order valence-electron chi connectivity index (χ1n) is 15.5. The summed E-state index contributed by atoms with van der Waals surface area (Å²) in [6, 6.07) is -3.38. The molecule has 0 aliphatic rings. The number of hydrogen-bond acceptors (Lipinski definition) is 5. The van der Waals surface area contributed by atoms with Gasteiger partial charge in [0.25, 0.3) is 0 Å². The van der Waals surface area contributed by atoms with Crippen molar-refractivity contribution >= 4 is 29.5 Å². The summed E-state index contributed by atoms with van der Waals surface area (Å²) >= 11 is 0. The molecular weight excluding hydrogens is 546 g/mol. The lowest BCUT2D eigenvalue weighted by molar-refractivity contribution is -0.157. The van der Waals surface area contributed by atoms with Gasteiger partial charge in [-0.05, 0) is 36.5 Å². The summed E-state index contributed by atoms with van der Waals surface area (Å²) in [6.45, 7) is 16.6. The number of carbonyl (C=O) groups is 5. The number of primary amides is 1. The average molecular weight is 606 g/mol. The number of unbranched alkanes of at least 4 members (excludes halogenated alkanes) is 2. The van der Waals surface area contributed by atoms with Crippen LogP contribution in [0.2, 0.25) is 0 Å². The van der Waals surface area contributed by atoms with Crippen molar-refractivity contribution in [3.05, 3.63) is 0 Å². The van der Waals surface area contributed by atoms with Gasteiger partial charge in [0.05, 0.1) is 0 Å². The van der Waals surface area contributed by atoms with Gasteiger partial charge in [-0.2, -0.15) is 0 Å². The van der Waals surface area contributed by atoms with Gasteiger partial charge >= 0.3 is 0 Å². The van der Waals surface area contributed by atoms with Crippen LogP contribution in [0.5, 0.6) is 0 Å². The Bertz CT molecular complexity index is 1000. The maximum Gasteiger partial charge on any atom is 0.246 e. The van der Waals surface area contributed by atoms with E-state index in [1.807, 2.05) is 48.5 Å². The fourth-order valence-corrected chi connectivity index (χ4v) is 5.98. The minimum atomic E-state index is -0.889. The zero-order valence-corrected chi connectivity index (χ0v) is 29.0. The Labute approximate surface area is 261 Å². The van der Waals surface area contributed by atoms with Gasteiger partial charge in [0, 0.05) is 40.5 Å². The van der Waals surface area contributed by atoms with Gasteiger partial charge in [0.1, 0.15) is 24.2 Å². The van der Waals surface area contributed by atoms with Crippen LogP contribution in [-0.2, 0) is 24.0 Å².